The van der Waals surface area contributed by atoms with Gasteiger partial charge in [0, 0.05) is 33.6 Å². The molecule has 1 saturated heterocycles. The number of hydrazine groups is 1. The maximum Gasteiger partial charge on any atom is 0.234 e. The Bertz CT molecular complexity index is 896. The lowest BCUT2D eigenvalue weighted by molar-refractivity contribution is -0.122. The largest absolute Gasteiger partial charge is 0.382 e. The Balaban J connectivity index is 1.84. The fraction of sp³-hybridized carbons (Fsp3) is 0.625. The molecule has 0 aromatic carbocycles. The first kappa shape index (κ1) is 24.8. The molecule has 0 saturated carbocycles. The third-order valence-electron chi connectivity index (χ3n) is 6.59. The molecule has 1 aromatic heterocycles. The first-order chi connectivity index (χ1) is 15.7. The summed E-state index contributed by atoms with van der Waals surface area (Å²) in [6.45, 7) is 10.5. The van der Waals surface area contributed by atoms with Crippen LogP contribution < -0.4 is 32.1 Å². The number of hydrogen-bond donors (Lipinski definition) is 5. The topological polar surface area (TPSA) is 120 Å². The molecule has 33 heavy (non-hydrogen) atoms. The Morgan fingerprint density at radius 3 is 2.39 bits per heavy atom. The molecule has 1 aliphatic carbocycles. The monoisotopic (exact) mass is 456 g/mol. The zero-order valence-electron chi connectivity index (χ0n) is 20.8. The van der Waals surface area contributed by atoms with Gasteiger partial charge in [-0.05, 0) is 35.7 Å². The highest BCUT2D eigenvalue weighted by molar-refractivity contribution is 5.79. The third kappa shape index (κ3) is 5.96. The number of hydrogen-bond acceptors (Lipinski definition) is 8. The number of anilines is 4. The van der Waals surface area contributed by atoms with Crippen LogP contribution in [-0.4, -0.2) is 49.1 Å². The first-order valence-electron chi connectivity index (χ1n) is 11.8. The molecule has 3 rings (SSSR count). The SMILES string of the molecule is CNc1nc(N2CCC(CC(=O)NN)CC2)nc(NC2C=C(C(C)(C)C)C=CC2C)c1NC. The van der Waals surface area contributed by atoms with E-state index in [1.54, 1.807) is 0 Å². The second kappa shape index (κ2) is 10.4. The number of rotatable bonds is 7. The van der Waals surface area contributed by atoms with Crippen molar-refractivity contribution >= 4 is 29.2 Å². The van der Waals surface area contributed by atoms with E-state index in [-0.39, 0.29) is 17.4 Å². The first-order valence-corrected chi connectivity index (χ1v) is 11.8. The third-order valence-corrected chi connectivity index (χ3v) is 6.59. The Labute approximate surface area is 197 Å². The molecular weight excluding hydrogens is 416 g/mol. The minimum absolute atomic E-state index is 0.0838. The van der Waals surface area contributed by atoms with Crippen LogP contribution in [0.2, 0.25) is 0 Å². The van der Waals surface area contributed by atoms with Crippen molar-refractivity contribution in [2.45, 2.75) is 53.0 Å². The van der Waals surface area contributed by atoms with Crippen LogP contribution >= 0.6 is 0 Å². The zero-order chi connectivity index (χ0) is 24.2. The number of aromatic nitrogens is 2. The van der Waals surface area contributed by atoms with Gasteiger partial charge >= 0.3 is 0 Å². The van der Waals surface area contributed by atoms with Crippen molar-refractivity contribution in [2.24, 2.45) is 23.1 Å². The average molecular weight is 457 g/mol. The van der Waals surface area contributed by atoms with Crippen molar-refractivity contribution in [3.8, 4) is 0 Å². The van der Waals surface area contributed by atoms with E-state index in [4.69, 9.17) is 15.8 Å². The van der Waals surface area contributed by atoms with Crippen LogP contribution in [0.5, 0.6) is 0 Å². The van der Waals surface area contributed by atoms with Crippen molar-refractivity contribution < 1.29 is 4.79 Å². The quantitative estimate of drug-likeness (QED) is 0.241. The van der Waals surface area contributed by atoms with E-state index >= 15 is 0 Å². The molecule has 0 bridgehead atoms. The minimum Gasteiger partial charge on any atom is -0.382 e. The van der Waals surface area contributed by atoms with Gasteiger partial charge in [-0.2, -0.15) is 9.97 Å². The fourth-order valence-electron chi connectivity index (χ4n) is 4.38. The van der Waals surface area contributed by atoms with Crippen molar-refractivity contribution in [2.75, 3.05) is 48.0 Å². The van der Waals surface area contributed by atoms with Gasteiger partial charge in [-0.3, -0.25) is 10.2 Å². The van der Waals surface area contributed by atoms with Gasteiger partial charge in [-0.15, -0.1) is 0 Å². The summed E-state index contributed by atoms with van der Waals surface area (Å²) in [4.78, 5) is 23.6. The van der Waals surface area contributed by atoms with E-state index in [1.807, 2.05) is 14.1 Å². The number of amides is 1. The van der Waals surface area contributed by atoms with Crippen LogP contribution in [0.3, 0.4) is 0 Å². The highest BCUT2D eigenvalue weighted by atomic mass is 16.2. The van der Waals surface area contributed by atoms with Crippen LogP contribution in [-0.2, 0) is 4.79 Å². The molecule has 9 nitrogen and oxygen atoms in total. The van der Waals surface area contributed by atoms with Gasteiger partial charge in [-0.25, -0.2) is 5.84 Å². The van der Waals surface area contributed by atoms with Gasteiger partial charge in [0.15, 0.2) is 11.6 Å². The molecule has 0 radical (unpaired) electrons. The average Bonchev–Trinajstić information content (AvgIpc) is 2.79. The van der Waals surface area contributed by atoms with Crippen LogP contribution in [0.1, 0.15) is 47.0 Å². The molecule has 1 aromatic rings. The molecule has 2 atom stereocenters. The summed E-state index contributed by atoms with van der Waals surface area (Å²) in [5.74, 6) is 8.04. The number of carbonyl (C=O) groups excluding carboxylic acids is 1. The van der Waals surface area contributed by atoms with Gasteiger partial charge in [0.05, 0.1) is 6.04 Å². The second-order valence-corrected chi connectivity index (χ2v) is 10.1. The summed E-state index contributed by atoms with van der Waals surface area (Å²) in [5.41, 5.74) is 4.48. The number of nitrogens with two attached hydrogens (primary N) is 1. The Hall–Kier alpha value is -2.81. The molecule has 2 aliphatic rings. The molecule has 0 spiro atoms. The van der Waals surface area contributed by atoms with Crippen molar-refractivity contribution in [1.29, 1.82) is 0 Å². The van der Waals surface area contributed by atoms with Gasteiger partial charge < -0.3 is 20.9 Å². The molecule has 2 heterocycles. The molecule has 182 valence electrons. The number of carbonyl (C=O) groups is 1. The molecule has 9 heteroatoms. The highest BCUT2D eigenvalue weighted by Crippen LogP contribution is 2.35. The minimum atomic E-state index is -0.106. The summed E-state index contributed by atoms with van der Waals surface area (Å²) >= 11 is 0. The second-order valence-electron chi connectivity index (χ2n) is 10.1. The number of nitrogens with one attached hydrogen (secondary N) is 4. The van der Waals surface area contributed by atoms with Gasteiger partial charge in [-0.1, -0.05) is 45.9 Å². The summed E-state index contributed by atoms with van der Waals surface area (Å²) < 4.78 is 0. The van der Waals surface area contributed by atoms with Crippen molar-refractivity contribution in [3.05, 3.63) is 23.8 Å². The van der Waals surface area contributed by atoms with E-state index < -0.39 is 0 Å². The predicted molar refractivity (Wildman–Crippen MR) is 136 cm³/mol. The zero-order valence-corrected chi connectivity index (χ0v) is 20.8. The van der Waals surface area contributed by atoms with Crippen molar-refractivity contribution in [1.82, 2.24) is 15.4 Å². The maximum absolute atomic E-state index is 11.6. The highest BCUT2D eigenvalue weighted by Gasteiger charge is 2.27. The van der Waals surface area contributed by atoms with E-state index in [1.165, 1.54) is 5.57 Å². The lowest BCUT2D eigenvalue weighted by Gasteiger charge is -2.33. The number of piperidine rings is 1. The van der Waals surface area contributed by atoms with E-state index in [0.29, 0.717) is 24.2 Å². The smallest absolute Gasteiger partial charge is 0.234 e. The Morgan fingerprint density at radius 1 is 1.15 bits per heavy atom. The van der Waals surface area contributed by atoms with E-state index in [0.717, 1.165) is 43.3 Å². The van der Waals surface area contributed by atoms with E-state index in [2.05, 4.69) is 72.2 Å². The fourth-order valence-corrected chi connectivity index (χ4v) is 4.38. The molecular formula is C24H40N8O. The molecule has 2 unspecified atom stereocenters. The van der Waals surface area contributed by atoms with Crippen LogP contribution in [0.25, 0.3) is 0 Å². The number of allylic oxidation sites excluding steroid dienone is 2. The van der Waals surface area contributed by atoms with Crippen molar-refractivity contribution in [3.63, 3.8) is 0 Å². The molecule has 1 aliphatic heterocycles. The molecule has 1 amide bonds. The summed E-state index contributed by atoms with van der Waals surface area (Å²) in [5, 5.41) is 10.2. The van der Waals surface area contributed by atoms with Gasteiger partial charge in [0.1, 0.15) is 5.69 Å². The summed E-state index contributed by atoms with van der Waals surface area (Å²) in [6.07, 6.45) is 9.10. The Kier molecular flexibility index (Phi) is 7.84. The van der Waals surface area contributed by atoms with E-state index in [9.17, 15) is 4.79 Å². The summed E-state index contributed by atoms with van der Waals surface area (Å²) in [6, 6.07) is 0.129. The van der Waals surface area contributed by atoms with Crippen LogP contribution in [0.15, 0.2) is 23.8 Å². The van der Waals surface area contributed by atoms with Crippen LogP contribution in [0, 0.1) is 17.3 Å². The molecule has 6 N–H and O–H groups in total. The maximum atomic E-state index is 11.6. The lowest BCUT2D eigenvalue weighted by atomic mass is 9.80. The predicted octanol–water partition coefficient (Wildman–Crippen LogP) is 3.12. The number of nitrogens with zero attached hydrogens (tertiary/aromatic N) is 3. The van der Waals surface area contributed by atoms with Crippen LogP contribution in [0.4, 0.5) is 23.3 Å². The Morgan fingerprint density at radius 2 is 1.82 bits per heavy atom. The normalized spacial score (nSPS) is 21.4. The summed E-state index contributed by atoms with van der Waals surface area (Å²) in [7, 11) is 3.76. The standard InChI is InChI=1S/C24H40N8O/c1-15-7-8-17(24(2,3)4)14-18(15)28-22-20(26-5)21(27-6)29-23(30-22)32-11-9-16(10-12-32)13-19(33)31-25/h7-8,14-16,18,26H,9-13,25H2,1-6H3,(H,31,33)(H2,27,28,29,30). The lowest BCUT2D eigenvalue weighted by Crippen LogP contribution is -2.38. The van der Waals surface area contributed by atoms with Gasteiger partial charge in [0.25, 0.3) is 0 Å². The van der Waals surface area contributed by atoms with Gasteiger partial charge in [0.2, 0.25) is 11.9 Å². The molecule has 1 fully saturated rings.